The highest BCUT2D eigenvalue weighted by atomic mass is 79.9. The fraction of sp³-hybridized carbons (Fsp3) is 0.263. The number of ether oxygens (including phenoxy) is 2. The first-order chi connectivity index (χ1) is 12.5. The molecule has 2 aromatic rings. The van der Waals surface area contributed by atoms with Crippen LogP contribution in [0.5, 0.6) is 11.5 Å². The van der Waals surface area contributed by atoms with Crippen molar-refractivity contribution >= 4 is 33.7 Å². The fourth-order valence-electron chi connectivity index (χ4n) is 2.28. The van der Waals surface area contributed by atoms with E-state index >= 15 is 0 Å². The summed E-state index contributed by atoms with van der Waals surface area (Å²) in [7, 11) is 3.14. The molecule has 2 N–H and O–H groups in total. The van der Waals surface area contributed by atoms with Crippen molar-refractivity contribution in [1.82, 2.24) is 5.43 Å². The van der Waals surface area contributed by atoms with E-state index in [2.05, 4.69) is 31.8 Å². The summed E-state index contributed by atoms with van der Waals surface area (Å²) in [5, 5.41) is 7.20. The van der Waals surface area contributed by atoms with Gasteiger partial charge in [-0.2, -0.15) is 5.10 Å². The summed E-state index contributed by atoms with van der Waals surface area (Å²) >= 11 is 3.42. The Labute approximate surface area is 161 Å². The third-order valence-corrected chi connectivity index (χ3v) is 4.41. The van der Waals surface area contributed by atoms with Crippen LogP contribution in [0.15, 0.2) is 46.0 Å². The number of rotatable bonds is 7. The average Bonchev–Trinajstić information content (AvgIpc) is 2.63. The molecule has 0 spiro atoms. The van der Waals surface area contributed by atoms with Crippen LogP contribution in [-0.4, -0.2) is 32.4 Å². The second-order valence-corrected chi connectivity index (χ2v) is 6.50. The minimum absolute atomic E-state index is 0.240. The number of carbonyl (C=O) groups is 1. The first kappa shape index (κ1) is 19.8. The summed E-state index contributed by atoms with van der Waals surface area (Å²) in [5.74, 6) is 1.00. The maximum Gasteiger partial charge on any atom is 0.262 e. The first-order valence-corrected chi connectivity index (χ1v) is 8.82. The molecule has 0 saturated heterocycles. The zero-order chi connectivity index (χ0) is 19.1. The summed E-state index contributed by atoms with van der Waals surface area (Å²) < 4.78 is 11.3. The van der Waals surface area contributed by atoms with E-state index in [-0.39, 0.29) is 5.91 Å². The monoisotopic (exact) mass is 419 g/mol. The van der Waals surface area contributed by atoms with Crippen LogP contribution < -0.4 is 20.2 Å². The van der Waals surface area contributed by atoms with Gasteiger partial charge in [-0.3, -0.25) is 4.79 Å². The van der Waals surface area contributed by atoms with E-state index in [1.807, 2.05) is 37.3 Å². The molecule has 26 heavy (non-hydrogen) atoms. The molecule has 0 aromatic heterocycles. The second-order valence-electron chi connectivity index (χ2n) is 5.64. The number of nitrogens with zero attached hydrogens (tertiary/aromatic N) is 1. The summed E-state index contributed by atoms with van der Waals surface area (Å²) in [5.41, 5.74) is 5.23. The Hall–Kier alpha value is -2.54. The molecular weight excluding hydrogens is 398 g/mol. The van der Waals surface area contributed by atoms with Gasteiger partial charge in [0.1, 0.15) is 17.5 Å². The van der Waals surface area contributed by atoms with Crippen molar-refractivity contribution in [1.29, 1.82) is 0 Å². The lowest BCUT2D eigenvalue weighted by molar-refractivity contribution is -0.121. The van der Waals surface area contributed by atoms with Crippen molar-refractivity contribution < 1.29 is 14.3 Å². The molecule has 0 heterocycles. The predicted molar refractivity (Wildman–Crippen MR) is 107 cm³/mol. The number of nitrogens with one attached hydrogen (secondary N) is 2. The highest BCUT2D eigenvalue weighted by Crippen LogP contribution is 2.31. The fourth-order valence-corrected chi connectivity index (χ4v) is 2.80. The van der Waals surface area contributed by atoms with Gasteiger partial charge in [0.25, 0.3) is 5.91 Å². The first-order valence-electron chi connectivity index (χ1n) is 8.03. The van der Waals surface area contributed by atoms with Crippen molar-refractivity contribution in [2.45, 2.75) is 19.9 Å². The van der Waals surface area contributed by atoms with E-state index in [0.717, 1.165) is 15.7 Å². The number of aryl methyl sites for hydroxylation is 1. The van der Waals surface area contributed by atoms with Crippen molar-refractivity contribution in [3.8, 4) is 11.5 Å². The Morgan fingerprint density at radius 2 is 1.88 bits per heavy atom. The summed E-state index contributed by atoms with van der Waals surface area (Å²) in [6.45, 7) is 3.76. The molecule has 1 unspecified atom stereocenters. The van der Waals surface area contributed by atoms with Crippen LogP contribution in [0.4, 0.5) is 5.69 Å². The van der Waals surface area contributed by atoms with Crippen LogP contribution in [-0.2, 0) is 4.79 Å². The molecule has 0 radical (unpaired) electrons. The molecule has 0 aliphatic heterocycles. The molecule has 2 aromatic carbocycles. The molecule has 2 rings (SSSR count). The van der Waals surface area contributed by atoms with Gasteiger partial charge < -0.3 is 14.8 Å². The van der Waals surface area contributed by atoms with Gasteiger partial charge in [0.15, 0.2) is 0 Å². The number of anilines is 1. The molecule has 138 valence electrons. The van der Waals surface area contributed by atoms with E-state index < -0.39 is 6.04 Å². The smallest absolute Gasteiger partial charge is 0.262 e. The molecule has 0 saturated carbocycles. The largest absolute Gasteiger partial charge is 0.496 e. The van der Waals surface area contributed by atoms with Crippen molar-refractivity contribution in [3.05, 3.63) is 52.0 Å². The number of methoxy groups -OCH3 is 2. The zero-order valence-corrected chi connectivity index (χ0v) is 16.8. The SMILES string of the molecule is COc1cc(OC)c(C=NNC(=O)C(C)Nc2ccccc2C)cc1Br. The molecule has 0 fully saturated rings. The maximum atomic E-state index is 12.2. The zero-order valence-electron chi connectivity index (χ0n) is 15.2. The van der Waals surface area contributed by atoms with E-state index in [9.17, 15) is 4.79 Å². The van der Waals surface area contributed by atoms with Crippen LogP contribution in [0, 0.1) is 6.92 Å². The number of hydrogen-bond acceptors (Lipinski definition) is 5. The molecule has 1 atom stereocenters. The van der Waals surface area contributed by atoms with Crippen LogP contribution >= 0.6 is 15.9 Å². The number of halogens is 1. The second kappa shape index (κ2) is 9.24. The van der Waals surface area contributed by atoms with Crippen molar-refractivity contribution in [2.24, 2.45) is 5.10 Å². The Morgan fingerprint density at radius 1 is 1.19 bits per heavy atom. The molecule has 6 nitrogen and oxygen atoms in total. The van der Waals surface area contributed by atoms with Crippen LogP contribution in [0.25, 0.3) is 0 Å². The van der Waals surface area contributed by atoms with Gasteiger partial charge in [-0.1, -0.05) is 18.2 Å². The van der Waals surface area contributed by atoms with Crippen LogP contribution in [0.2, 0.25) is 0 Å². The topological polar surface area (TPSA) is 72.0 Å². The Balaban J connectivity index is 2.02. The lowest BCUT2D eigenvalue weighted by atomic mass is 10.2. The predicted octanol–water partition coefficient (Wildman–Crippen LogP) is 3.73. The summed E-state index contributed by atoms with van der Waals surface area (Å²) in [4.78, 5) is 12.2. The summed E-state index contributed by atoms with van der Waals surface area (Å²) in [6.07, 6.45) is 1.53. The van der Waals surface area contributed by atoms with Gasteiger partial charge in [0.2, 0.25) is 0 Å². The minimum atomic E-state index is -0.433. The minimum Gasteiger partial charge on any atom is -0.496 e. The van der Waals surface area contributed by atoms with Gasteiger partial charge in [-0.05, 0) is 47.5 Å². The summed E-state index contributed by atoms with van der Waals surface area (Å²) in [6, 6.07) is 10.9. The highest BCUT2D eigenvalue weighted by molar-refractivity contribution is 9.10. The number of carbonyl (C=O) groups excluding carboxylic acids is 1. The number of amides is 1. The van der Waals surface area contributed by atoms with Gasteiger partial charge in [-0.25, -0.2) is 5.43 Å². The lowest BCUT2D eigenvalue weighted by Crippen LogP contribution is -2.35. The van der Waals surface area contributed by atoms with E-state index in [1.54, 1.807) is 27.2 Å². The Morgan fingerprint density at radius 3 is 2.54 bits per heavy atom. The van der Waals surface area contributed by atoms with Gasteiger partial charge in [0, 0.05) is 17.3 Å². The standard InChI is InChI=1S/C19H22BrN3O3/c1-12-7-5-6-8-16(12)22-13(2)19(24)23-21-11-14-9-15(20)18(26-4)10-17(14)25-3/h5-11,13,22H,1-4H3,(H,23,24). The molecule has 0 aliphatic rings. The van der Waals surface area contributed by atoms with Gasteiger partial charge in [-0.15, -0.1) is 0 Å². The normalized spacial score (nSPS) is 11.9. The van der Waals surface area contributed by atoms with Crippen molar-refractivity contribution in [3.63, 3.8) is 0 Å². The van der Waals surface area contributed by atoms with E-state index in [1.165, 1.54) is 6.21 Å². The molecule has 1 amide bonds. The molecule has 0 aliphatic carbocycles. The molecule has 7 heteroatoms. The highest BCUT2D eigenvalue weighted by Gasteiger charge is 2.13. The van der Waals surface area contributed by atoms with Gasteiger partial charge in [0.05, 0.1) is 24.9 Å². The number of hydrogen-bond donors (Lipinski definition) is 2. The van der Waals surface area contributed by atoms with Crippen LogP contribution in [0.3, 0.4) is 0 Å². The number of benzene rings is 2. The van der Waals surface area contributed by atoms with E-state index in [0.29, 0.717) is 17.1 Å². The third-order valence-electron chi connectivity index (χ3n) is 3.79. The average molecular weight is 420 g/mol. The lowest BCUT2D eigenvalue weighted by Gasteiger charge is -2.15. The third kappa shape index (κ3) is 4.98. The maximum absolute atomic E-state index is 12.2. The van der Waals surface area contributed by atoms with Gasteiger partial charge >= 0.3 is 0 Å². The quantitative estimate of drug-likeness (QED) is 0.529. The Bertz CT molecular complexity index is 809. The van der Waals surface area contributed by atoms with Crippen molar-refractivity contribution in [2.75, 3.05) is 19.5 Å². The van der Waals surface area contributed by atoms with E-state index in [4.69, 9.17) is 9.47 Å². The number of para-hydroxylation sites is 1. The Kier molecular flexibility index (Phi) is 7.03. The van der Waals surface area contributed by atoms with Crippen LogP contribution in [0.1, 0.15) is 18.1 Å². The molecular formula is C19H22BrN3O3. The molecule has 0 bridgehead atoms. The number of hydrazone groups is 1.